The summed E-state index contributed by atoms with van der Waals surface area (Å²) in [7, 11) is 5.55. The van der Waals surface area contributed by atoms with Crippen LogP contribution in [0, 0.1) is 6.92 Å². The lowest BCUT2D eigenvalue weighted by atomic mass is 10.1. The van der Waals surface area contributed by atoms with Gasteiger partial charge in [-0.1, -0.05) is 36.0 Å². The minimum absolute atomic E-state index is 0.166. The molecule has 0 saturated heterocycles. The van der Waals surface area contributed by atoms with Crippen molar-refractivity contribution in [2.45, 2.75) is 24.9 Å². The Morgan fingerprint density at radius 2 is 2.00 bits per heavy atom. The minimum Gasteiger partial charge on any atom is -0.349 e. The zero-order valence-corrected chi connectivity index (χ0v) is 14.4. The summed E-state index contributed by atoms with van der Waals surface area (Å²) in [5.41, 5.74) is 2.29. The summed E-state index contributed by atoms with van der Waals surface area (Å²) >= 11 is 1.64. The maximum absolute atomic E-state index is 11.5. The molecule has 0 saturated carbocycles. The Hall–Kier alpha value is -1.82. The molecule has 0 aliphatic carbocycles. The van der Waals surface area contributed by atoms with Gasteiger partial charge in [-0.3, -0.25) is 4.79 Å². The molecular formula is C16H22N4OS. The molecule has 22 heavy (non-hydrogen) atoms. The van der Waals surface area contributed by atoms with E-state index in [1.165, 1.54) is 5.56 Å². The van der Waals surface area contributed by atoms with Gasteiger partial charge in [0.1, 0.15) is 0 Å². The van der Waals surface area contributed by atoms with Crippen LogP contribution in [0.5, 0.6) is 0 Å². The van der Waals surface area contributed by atoms with Gasteiger partial charge in [0.05, 0.1) is 0 Å². The normalized spacial score (nSPS) is 10.7. The summed E-state index contributed by atoms with van der Waals surface area (Å²) in [5, 5.41) is 9.46. The van der Waals surface area contributed by atoms with Gasteiger partial charge in [-0.15, -0.1) is 10.2 Å². The molecule has 0 fully saturated rings. The quantitative estimate of drug-likeness (QED) is 0.607. The van der Waals surface area contributed by atoms with E-state index in [1.54, 1.807) is 30.8 Å². The first-order valence-electron chi connectivity index (χ1n) is 7.29. The number of carbonyl (C=O) groups is 1. The minimum atomic E-state index is 0.166. The molecule has 0 bridgehead atoms. The lowest BCUT2D eigenvalue weighted by Crippen LogP contribution is -2.21. The first-order valence-corrected chi connectivity index (χ1v) is 8.27. The highest BCUT2D eigenvalue weighted by Crippen LogP contribution is 2.25. The second-order valence-corrected chi connectivity index (χ2v) is 6.48. The molecule has 0 aliphatic heterocycles. The molecule has 0 unspecified atom stereocenters. The number of hydrogen-bond acceptors (Lipinski definition) is 4. The van der Waals surface area contributed by atoms with Gasteiger partial charge in [0.2, 0.25) is 5.91 Å². The van der Waals surface area contributed by atoms with Gasteiger partial charge in [0, 0.05) is 38.9 Å². The molecule has 0 spiro atoms. The molecule has 1 aromatic heterocycles. The van der Waals surface area contributed by atoms with E-state index in [0.717, 1.165) is 28.7 Å². The summed E-state index contributed by atoms with van der Waals surface area (Å²) in [4.78, 5) is 13.2. The van der Waals surface area contributed by atoms with Crippen LogP contribution in [0.2, 0.25) is 0 Å². The molecule has 1 heterocycles. The van der Waals surface area contributed by atoms with Gasteiger partial charge < -0.3 is 9.47 Å². The third-order valence-corrected chi connectivity index (χ3v) is 4.59. The van der Waals surface area contributed by atoms with E-state index in [9.17, 15) is 4.79 Å². The van der Waals surface area contributed by atoms with E-state index in [0.29, 0.717) is 6.42 Å². The number of rotatable bonds is 6. The third-order valence-electron chi connectivity index (χ3n) is 3.49. The van der Waals surface area contributed by atoms with Crippen molar-refractivity contribution in [3.05, 3.63) is 29.8 Å². The van der Waals surface area contributed by atoms with Gasteiger partial charge in [-0.25, -0.2) is 0 Å². The Morgan fingerprint density at radius 3 is 2.68 bits per heavy atom. The van der Waals surface area contributed by atoms with Gasteiger partial charge in [0.25, 0.3) is 0 Å². The van der Waals surface area contributed by atoms with Crippen molar-refractivity contribution >= 4 is 17.7 Å². The fourth-order valence-corrected chi connectivity index (χ4v) is 2.96. The van der Waals surface area contributed by atoms with E-state index in [2.05, 4.69) is 29.3 Å². The highest BCUT2D eigenvalue weighted by Gasteiger charge is 2.13. The molecule has 0 aliphatic rings. The van der Waals surface area contributed by atoms with Crippen molar-refractivity contribution in [2.75, 3.05) is 19.8 Å². The summed E-state index contributed by atoms with van der Waals surface area (Å²) in [6.07, 6.45) is 1.41. The van der Waals surface area contributed by atoms with E-state index in [4.69, 9.17) is 0 Å². The first kappa shape index (κ1) is 16.5. The van der Waals surface area contributed by atoms with Crippen LogP contribution >= 0.6 is 11.8 Å². The highest BCUT2D eigenvalue weighted by atomic mass is 32.2. The van der Waals surface area contributed by atoms with Gasteiger partial charge in [-0.2, -0.15) is 0 Å². The van der Waals surface area contributed by atoms with Crippen LogP contribution in [-0.2, 0) is 11.8 Å². The van der Waals surface area contributed by atoms with Crippen LogP contribution in [0.3, 0.4) is 0 Å². The average Bonchev–Trinajstić information content (AvgIpc) is 2.85. The molecule has 5 nitrogen and oxygen atoms in total. The number of carbonyl (C=O) groups excluding carboxylic acids is 1. The molecular weight excluding hydrogens is 296 g/mol. The van der Waals surface area contributed by atoms with Gasteiger partial charge in [-0.05, 0) is 18.9 Å². The molecule has 2 rings (SSSR count). The third kappa shape index (κ3) is 3.88. The lowest BCUT2D eigenvalue weighted by molar-refractivity contribution is -0.128. The highest BCUT2D eigenvalue weighted by molar-refractivity contribution is 7.99. The van der Waals surface area contributed by atoms with Crippen molar-refractivity contribution in [3.8, 4) is 11.4 Å². The fraction of sp³-hybridized carbons (Fsp3) is 0.438. The van der Waals surface area contributed by atoms with Crippen molar-refractivity contribution in [2.24, 2.45) is 7.05 Å². The van der Waals surface area contributed by atoms with Crippen LogP contribution in [0.25, 0.3) is 11.4 Å². The second-order valence-electron chi connectivity index (χ2n) is 5.42. The number of aromatic nitrogens is 3. The first-order chi connectivity index (χ1) is 10.5. The molecule has 0 radical (unpaired) electrons. The maximum atomic E-state index is 11.5. The molecule has 118 valence electrons. The molecule has 0 N–H and O–H groups in total. The average molecular weight is 318 g/mol. The molecule has 6 heteroatoms. The van der Waals surface area contributed by atoms with Crippen molar-refractivity contribution in [3.63, 3.8) is 0 Å². The Bertz CT molecular complexity index is 651. The van der Waals surface area contributed by atoms with Crippen molar-refractivity contribution in [1.29, 1.82) is 0 Å². The van der Waals surface area contributed by atoms with Crippen LogP contribution in [-0.4, -0.2) is 45.4 Å². The topological polar surface area (TPSA) is 51.0 Å². The number of hydrogen-bond donors (Lipinski definition) is 0. The van der Waals surface area contributed by atoms with E-state index in [1.807, 2.05) is 23.7 Å². The molecule has 0 atom stereocenters. The fourth-order valence-electron chi connectivity index (χ4n) is 2.11. The summed E-state index contributed by atoms with van der Waals surface area (Å²) < 4.78 is 2.01. The standard InChI is InChI=1S/C16H22N4OS/c1-12-8-5-6-9-13(12)15-17-18-16(20(15)4)22-11-7-10-14(21)19(2)3/h5-6,8-9H,7,10-11H2,1-4H3. The number of thioether (sulfide) groups is 1. The van der Waals surface area contributed by atoms with Crippen LogP contribution in [0.4, 0.5) is 0 Å². The van der Waals surface area contributed by atoms with E-state index >= 15 is 0 Å². The monoisotopic (exact) mass is 318 g/mol. The predicted molar refractivity (Wildman–Crippen MR) is 89.8 cm³/mol. The molecule has 2 aromatic rings. The molecule has 1 amide bonds. The largest absolute Gasteiger partial charge is 0.349 e. The number of aryl methyl sites for hydroxylation is 1. The zero-order chi connectivity index (χ0) is 16.1. The van der Waals surface area contributed by atoms with Crippen LogP contribution in [0.15, 0.2) is 29.4 Å². The molecule has 1 aromatic carbocycles. The number of nitrogens with zero attached hydrogens (tertiary/aromatic N) is 4. The van der Waals surface area contributed by atoms with Gasteiger partial charge >= 0.3 is 0 Å². The summed E-state index contributed by atoms with van der Waals surface area (Å²) in [5.74, 6) is 1.91. The van der Waals surface area contributed by atoms with E-state index < -0.39 is 0 Å². The zero-order valence-electron chi connectivity index (χ0n) is 13.5. The Labute approximate surface area is 135 Å². The Morgan fingerprint density at radius 1 is 1.27 bits per heavy atom. The number of benzene rings is 1. The predicted octanol–water partition coefficient (Wildman–Crippen LogP) is 2.75. The second kappa shape index (κ2) is 7.45. The number of amides is 1. The summed E-state index contributed by atoms with van der Waals surface area (Å²) in [6, 6.07) is 8.16. The van der Waals surface area contributed by atoms with Crippen molar-refractivity contribution < 1.29 is 4.79 Å². The van der Waals surface area contributed by atoms with Gasteiger partial charge in [0.15, 0.2) is 11.0 Å². The lowest BCUT2D eigenvalue weighted by Gasteiger charge is -2.09. The Kier molecular flexibility index (Phi) is 5.60. The SMILES string of the molecule is Cc1ccccc1-c1nnc(SCCCC(=O)N(C)C)n1C. The van der Waals surface area contributed by atoms with Crippen LogP contribution < -0.4 is 0 Å². The van der Waals surface area contributed by atoms with Crippen molar-refractivity contribution in [1.82, 2.24) is 19.7 Å². The van der Waals surface area contributed by atoms with E-state index in [-0.39, 0.29) is 5.91 Å². The maximum Gasteiger partial charge on any atom is 0.222 e. The van der Waals surface area contributed by atoms with Crippen LogP contribution in [0.1, 0.15) is 18.4 Å². The Balaban J connectivity index is 1.97. The smallest absolute Gasteiger partial charge is 0.222 e. The summed E-state index contributed by atoms with van der Waals surface area (Å²) in [6.45, 7) is 2.07.